The van der Waals surface area contributed by atoms with E-state index >= 15 is 0 Å². The standard InChI is InChI=1S/C10H12.C6H7N/c1-2-3-7-10-8-5-4-6-9-10;7-6-4-2-1-3-5-6/h3-9H,2H2,1H3;1-5H,7H2. The second kappa shape index (κ2) is 8.17. The summed E-state index contributed by atoms with van der Waals surface area (Å²) in [4.78, 5) is 0. The lowest BCUT2D eigenvalue weighted by Crippen LogP contribution is -1.79. The Kier molecular flexibility index (Phi) is 6.27. The van der Waals surface area contributed by atoms with E-state index in [1.165, 1.54) is 5.56 Å². The normalized spacial score (nSPS) is 9.71. The number of para-hydroxylation sites is 1. The fraction of sp³-hybridized carbons (Fsp3) is 0.125. The highest BCUT2D eigenvalue weighted by Gasteiger charge is 1.79. The Labute approximate surface area is 104 Å². The van der Waals surface area contributed by atoms with Crippen LogP contribution in [0.2, 0.25) is 0 Å². The molecule has 2 rings (SSSR count). The van der Waals surface area contributed by atoms with Gasteiger partial charge in [-0.1, -0.05) is 67.6 Å². The van der Waals surface area contributed by atoms with Crippen molar-refractivity contribution in [2.24, 2.45) is 0 Å². The first-order valence-corrected chi connectivity index (χ1v) is 5.85. The lowest BCUT2D eigenvalue weighted by Gasteiger charge is -1.88. The maximum Gasteiger partial charge on any atom is 0.0313 e. The summed E-state index contributed by atoms with van der Waals surface area (Å²) in [6.07, 6.45) is 5.41. The van der Waals surface area contributed by atoms with Crippen LogP contribution in [0.3, 0.4) is 0 Å². The molecule has 0 saturated heterocycles. The summed E-state index contributed by atoms with van der Waals surface area (Å²) in [5, 5.41) is 0. The van der Waals surface area contributed by atoms with Crippen LogP contribution in [0, 0.1) is 0 Å². The van der Waals surface area contributed by atoms with E-state index in [1.54, 1.807) is 0 Å². The fourth-order valence-electron chi connectivity index (χ4n) is 1.27. The lowest BCUT2D eigenvalue weighted by atomic mass is 10.2. The highest BCUT2D eigenvalue weighted by Crippen LogP contribution is 2.00. The van der Waals surface area contributed by atoms with Gasteiger partial charge in [0.05, 0.1) is 0 Å². The predicted molar refractivity (Wildman–Crippen MR) is 76.6 cm³/mol. The molecule has 2 N–H and O–H groups in total. The summed E-state index contributed by atoms with van der Waals surface area (Å²) >= 11 is 0. The molecule has 2 aromatic rings. The Hall–Kier alpha value is -2.02. The van der Waals surface area contributed by atoms with Crippen LogP contribution in [0.25, 0.3) is 6.08 Å². The third-order valence-corrected chi connectivity index (χ3v) is 2.15. The molecule has 0 aliphatic rings. The molecule has 0 unspecified atom stereocenters. The summed E-state index contributed by atoms with van der Waals surface area (Å²) in [6, 6.07) is 19.8. The third kappa shape index (κ3) is 6.21. The van der Waals surface area contributed by atoms with Gasteiger partial charge in [-0.25, -0.2) is 0 Å². The van der Waals surface area contributed by atoms with Gasteiger partial charge in [0.2, 0.25) is 0 Å². The van der Waals surface area contributed by atoms with Crippen molar-refractivity contribution < 1.29 is 0 Å². The number of hydrogen-bond acceptors (Lipinski definition) is 1. The summed E-state index contributed by atoms with van der Waals surface area (Å²) < 4.78 is 0. The first-order chi connectivity index (χ1) is 8.33. The van der Waals surface area contributed by atoms with Gasteiger partial charge in [0.15, 0.2) is 0 Å². The average molecular weight is 225 g/mol. The summed E-state index contributed by atoms with van der Waals surface area (Å²) in [5.41, 5.74) is 7.46. The van der Waals surface area contributed by atoms with Gasteiger partial charge in [0.1, 0.15) is 0 Å². The third-order valence-electron chi connectivity index (χ3n) is 2.15. The smallest absolute Gasteiger partial charge is 0.0313 e. The average Bonchev–Trinajstić information content (AvgIpc) is 2.39. The van der Waals surface area contributed by atoms with Crippen LogP contribution in [0.15, 0.2) is 66.7 Å². The molecule has 0 heterocycles. The highest BCUT2D eigenvalue weighted by atomic mass is 14.5. The molecule has 0 amide bonds. The Morgan fingerprint density at radius 2 is 1.41 bits per heavy atom. The van der Waals surface area contributed by atoms with Gasteiger partial charge in [-0.2, -0.15) is 0 Å². The van der Waals surface area contributed by atoms with Crippen LogP contribution in [0.4, 0.5) is 5.69 Å². The summed E-state index contributed by atoms with van der Waals surface area (Å²) in [5.74, 6) is 0. The zero-order chi connectivity index (χ0) is 12.3. The van der Waals surface area contributed by atoms with Crippen molar-refractivity contribution >= 4 is 11.8 Å². The Bertz CT molecular complexity index is 418. The molecule has 0 fully saturated rings. The molecule has 0 aliphatic carbocycles. The molecule has 0 atom stereocenters. The maximum absolute atomic E-state index is 5.36. The van der Waals surface area contributed by atoms with Crippen LogP contribution in [0.1, 0.15) is 18.9 Å². The van der Waals surface area contributed by atoms with E-state index in [9.17, 15) is 0 Å². The first kappa shape index (κ1) is 13.0. The Morgan fingerprint density at radius 1 is 0.882 bits per heavy atom. The molecule has 0 aromatic heterocycles. The molecule has 2 aromatic carbocycles. The Morgan fingerprint density at radius 3 is 1.82 bits per heavy atom. The Balaban J connectivity index is 0.000000181. The van der Waals surface area contributed by atoms with Gasteiger partial charge >= 0.3 is 0 Å². The van der Waals surface area contributed by atoms with Gasteiger partial charge in [0, 0.05) is 5.69 Å². The predicted octanol–water partition coefficient (Wildman–Crippen LogP) is 4.38. The van der Waals surface area contributed by atoms with E-state index in [1.807, 2.05) is 36.4 Å². The van der Waals surface area contributed by atoms with E-state index in [0.29, 0.717) is 0 Å². The first-order valence-electron chi connectivity index (χ1n) is 5.85. The van der Waals surface area contributed by atoms with Gasteiger partial charge in [-0.05, 0) is 24.1 Å². The largest absolute Gasteiger partial charge is 0.399 e. The number of hydrogen-bond donors (Lipinski definition) is 1. The van der Waals surface area contributed by atoms with Crippen LogP contribution in [-0.2, 0) is 0 Å². The zero-order valence-corrected chi connectivity index (χ0v) is 10.2. The second-order valence-corrected chi connectivity index (χ2v) is 3.63. The zero-order valence-electron chi connectivity index (χ0n) is 10.2. The maximum atomic E-state index is 5.36. The minimum atomic E-state index is 0.822. The van der Waals surface area contributed by atoms with Gasteiger partial charge in [-0.3, -0.25) is 0 Å². The quantitative estimate of drug-likeness (QED) is 0.754. The SMILES string of the molecule is CCC=Cc1ccccc1.Nc1ccccc1. The highest BCUT2D eigenvalue weighted by molar-refractivity contribution is 5.48. The molecule has 0 aliphatic heterocycles. The minimum Gasteiger partial charge on any atom is -0.399 e. The van der Waals surface area contributed by atoms with Crippen LogP contribution in [-0.4, -0.2) is 0 Å². The number of nitrogen functional groups attached to an aromatic ring is 1. The van der Waals surface area contributed by atoms with Crippen LogP contribution >= 0.6 is 0 Å². The number of rotatable bonds is 2. The number of allylic oxidation sites excluding steroid dienone is 1. The molecular formula is C16H19N. The molecule has 1 nitrogen and oxygen atoms in total. The topological polar surface area (TPSA) is 26.0 Å². The molecule has 17 heavy (non-hydrogen) atoms. The van der Waals surface area contributed by atoms with Crippen molar-refractivity contribution in [2.75, 3.05) is 5.73 Å². The lowest BCUT2D eigenvalue weighted by molar-refractivity contribution is 1.23. The van der Waals surface area contributed by atoms with Crippen LogP contribution in [0.5, 0.6) is 0 Å². The van der Waals surface area contributed by atoms with E-state index in [0.717, 1.165) is 12.1 Å². The number of nitrogens with two attached hydrogens (primary N) is 1. The van der Waals surface area contributed by atoms with Gasteiger partial charge in [0.25, 0.3) is 0 Å². The van der Waals surface area contributed by atoms with Gasteiger partial charge < -0.3 is 5.73 Å². The molecule has 88 valence electrons. The van der Waals surface area contributed by atoms with Crippen LogP contribution < -0.4 is 5.73 Å². The van der Waals surface area contributed by atoms with Gasteiger partial charge in [-0.15, -0.1) is 0 Å². The summed E-state index contributed by atoms with van der Waals surface area (Å²) in [7, 11) is 0. The monoisotopic (exact) mass is 225 g/mol. The molecular weight excluding hydrogens is 206 g/mol. The van der Waals surface area contributed by atoms with E-state index in [2.05, 4.69) is 43.3 Å². The van der Waals surface area contributed by atoms with E-state index in [-0.39, 0.29) is 0 Å². The van der Waals surface area contributed by atoms with Crippen molar-refractivity contribution in [3.05, 3.63) is 72.3 Å². The molecule has 0 saturated carbocycles. The number of anilines is 1. The molecule has 1 heteroatoms. The summed E-state index contributed by atoms with van der Waals surface area (Å²) in [6.45, 7) is 2.14. The van der Waals surface area contributed by atoms with Crippen molar-refractivity contribution in [1.29, 1.82) is 0 Å². The van der Waals surface area contributed by atoms with E-state index < -0.39 is 0 Å². The fourth-order valence-corrected chi connectivity index (χ4v) is 1.27. The molecule has 0 spiro atoms. The number of benzene rings is 2. The van der Waals surface area contributed by atoms with Crippen molar-refractivity contribution in [2.45, 2.75) is 13.3 Å². The molecule has 0 bridgehead atoms. The van der Waals surface area contributed by atoms with E-state index in [4.69, 9.17) is 5.73 Å². The minimum absolute atomic E-state index is 0.822. The second-order valence-electron chi connectivity index (χ2n) is 3.63. The molecule has 0 radical (unpaired) electrons. The van der Waals surface area contributed by atoms with Crippen molar-refractivity contribution in [3.63, 3.8) is 0 Å². The van der Waals surface area contributed by atoms with Crippen molar-refractivity contribution in [1.82, 2.24) is 0 Å². The van der Waals surface area contributed by atoms with Crippen molar-refractivity contribution in [3.8, 4) is 0 Å².